The second-order valence-corrected chi connectivity index (χ2v) is 1.10. The van der Waals surface area contributed by atoms with E-state index in [0.29, 0.717) is 0 Å². The molecule has 0 atom stereocenters. The maximum atomic E-state index is 9.34. The largest absolute Gasteiger partial charge is 0.481 e. The van der Waals surface area contributed by atoms with E-state index < -0.39 is 11.9 Å². The number of rotatable bonds is 0. The lowest BCUT2D eigenvalue weighted by atomic mass is 10.9. The van der Waals surface area contributed by atoms with Crippen LogP contribution in [0.25, 0.3) is 0 Å². The van der Waals surface area contributed by atoms with Gasteiger partial charge in [0.2, 0.25) is 0 Å². The van der Waals surface area contributed by atoms with Gasteiger partial charge in [-0.05, 0) is 0 Å². The van der Waals surface area contributed by atoms with Gasteiger partial charge in [-0.3, -0.25) is 15.3 Å². The van der Waals surface area contributed by atoms with Gasteiger partial charge in [0, 0.05) is 13.8 Å². The monoisotopic (exact) mass is 236 g/mol. The Kier molecular flexibility index (Phi) is 173. The van der Waals surface area contributed by atoms with Gasteiger partial charge in [-0.2, -0.15) is 5.26 Å². The number of hydrogen-bond acceptors (Lipinski definition) is 6. The van der Waals surface area contributed by atoms with Gasteiger partial charge in [-0.1, -0.05) is 22.3 Å². The molecule has 0 aliphatic heterocycles. The molecule has 0 spiro atoms. The molecule has 0 aromatic heterocycles. The van der Waals surface area contributed by atoms with Crippen molar-refractivity contribution in [1.29, 1.82) is 0 Å². The minimum Gasteiger partial charge on any atom is -0.481 e. The van der Waals surface area contributed by atoms with E-state index in [4.69, 9.17) is 25.7 Å². The van der Waals surface area contributed by atoms with Gasteiger partial charge in [-0.25, -0.2) is 4.79 Å². The summed E-state index contributed by atoms with van der Waals surface area (Å²) in [5.41, 5.74) is 0. The second-order valence-electron chi connectivity index (χ2n) is 1.10. The van der Waals surface area contributed by atoms with Gasteiger partial charge >= 0.3 is 5.97 Å². The Morgan fingerprint density at radius 1 is 1.00 bits per heavy atom. The number of carboxylic acids is 1. The molecule has 0 rings (SSSR count). The average molecular weight is 236 g/mol. The van der Waals surface area contributed by atoms with Gasteiger partial charge in [0.05, 0.1) is 0 Å². The number of aliphatic carboxylic acids is 1. The molecule has 0 aliphatic rings. The molecule has 8 nitrogen and oxygen atoms in total. The molecular weight excluding hydrogens is 212 g/mol. The molecule has 0 amide bonds. The third kappa shape index (κ3) is 2440. The lowest BCUT2D eigenvalue weighted by Crippen LogP contribution is -1.89. The first-order valence-electron chi connectivity index (χ1n) is 2.22. The van der Waals surface area contributed by atoms with Gasteiger partial charge in [-0.15, -0.1) is 0 Å². The van der Waals surface area contributed by atoms with Crippen molar-refractivity contribution in [2.24, 2.45) is 0 Å². The van der Waals surface area contributed by atoms with Crippen LogP contribution in [-0.2, 0) is 14.5 Å². The normalized spacial score (nSPS) is 4.33. The van der Waals surface area contributed by atoms with Crippen molar-refractivity contribution in [1.82, 2.24) is 0 Å². The lowest BCUT2D eigenvalue weighted by Gasteiger charge is -1.76. The van der Waals surface area contributed by atoms with Gasteiger partial charge in [0.15, 0.2) is 0 Å². The molecular formula is C7H24O8. The van der Waals surface area contributed by atoms with Gasteiger partial charge in [0.1, 0.15) is 0 Å². The van der Waals surface area contributed by atoms with Crippen molar-refractivity contribution in [3.63, 3.8) is 0 Å². The smallest absolute Gasteiger partial charge is 0.339 e. The number of carbonyl (C=O) groups excluding carboxylic acids is 1. The molecule has 0 unspecified atom stereocenters. The van der Waals surface area contributed by atoms with Crippen molar-refractivity contribution in [2.75, 3.05) is 0 Å². The Labute approximate surface area is 89.9 Å². The fraction of sp³-hybridized carbons (Fsp3) is 0.714. The zero-order valence-electron chi connectivity index (χ0n) is 6.51. The molecule has 100 valence electrons. The molecule has 0 aromatic rings. The quantitative estimate of drug-likeness (QED) is 0.363. The van der Waals surface area contributed by atoms with Crippen LogP contribution in [0.1, 0.15) is 36.1 Å². The van der Waals surface area contributed by atoms with E-state index in [1.807, 2.05) is 0 Å². The van der Waals surface area contributed by atoms with Crippen molar-refractivity contribution < 1.29 is 40.8 Å². The van der Waals surface area contributed by atoms with E-state index in [2.05, 4.69) is 4.89 Å². The first kappa shape index (κ1) is 49.0. The highest BCUT2D eigenvalue weighted by atomic mass is 17.1. The van der Waals surface area contributed by atoms with Crippen molar-refractivity contribution in [3.05, 3.63) is 0 Å². The highest BCUT2D eigenvalue weighted by Crippen LogP contribution is 1.59. The molecule has 0 saturated carbocycles. The van der Waals surface area contributed by atoms with Crippen LogP contribution in [0.4, 0.5) is 0 Å². The zero-order chi connectivity index (χ0) is 9.86. The molecule has 15 heavy (non-hydrogen) atoms. The fourth-order valence-electron chi connectivity index (χ4n) is 0. The second kappa shape index (κ2) is 53.1. The van der Waals surface area contributed by atoms with Gasteiger partial charge in [0.25, 0.3) is 5.97 Å². The summed E-state index contributed by atoms with van der Waals surface area (Å²) in [6.45, 7) is 2.19. The highest BCUT2D eigenvalue weighted by Gasteiger charge is 1.79. The molecule has 0 fully saturated rings. The predicted octanol–water partition coefficient (Wildman–Crippen LogP) is 1.21. The Morgan fingerprint density at radius 3 is 1.07 bits per heavy atom. The summed E-state index contributed by atoms with van der Waals surface area (Å²) >= 11 is 0. The zero-order valence-corrected chi connectivity index (χ0v) is 6.51. The standard InChI is InChI=1S/C2H4O3.C2H4O2.3CH4.H2O2.H2O/c1-2(3)5-4;1-2(3)4;;;;1-2;/h4H,1H3;1H3,(H,3,4);3*1H4;1-2H;1H2. The van der Waals surface area contributed by atoms with Crippen LogP contribution >= 0.6 is 0 Å². The Balaban J connectivity index is -0.0000000120. The molecule has 0 radical (unpaired) electrons. The van der Waals surface area contributed by atoms with Crippen LogP contribution in [0.2, 0.25) is 0 Å². The van der Waals surface area contributed by atoms with Crippen molar-refractivity contribution >= 4 is 11.9 Å². The summed E-state index contributed by atoms with van der Waals surface area (Å²) < 4.78 is 0. The molecule has 0 saturated heterocycles. The fourth-order valence-corrected chi connectivity index (χ4v) is 0. The van der Waals surface area contributed by atoms with Crippen LogP contribution < -0.4 is 0 Å². The van der Waals surface area contributed by atoms with E-state index in [-0.39, 0.29) is 27.8 Å². The third-order valence-electron chi connectivity index (χ3n) is 0.129. The Hall–Kier alpha value is -1.22. The third-order valence-corrected chi connectivity index (χ3v) is 0.129. The average Bonchev–Trinajstić information content (AvgIpc) is 1.91. The van der Waals surface area contributed by atoms with Gasteiger partial charge < -0.3 is 15.5 Å². The van der Waals surface area contributed by atoms with E-state index in [1.54, 1.807) is 0 Å². The minimum atomic E-state index is -0.833. The molecule has 6 N–H and O–H groups in total. The summed E-state index contributed by atoms with van der Waals surface area (Å²) in [5.74, 6) is -1.52. The highest BCUT2D eigenvalue weighted by molar-refractivity contribution is 5.64. The topological polar surface area (TPSA) is 156 Å². The SMILES string of the molecule is C.C.C.CC(=O)O.CC(=O)OO.O.OO. The van der Waals surface area contributed by atoms with Crippen LogP contribution in [0, 0.1) is 0 Å². The van der Waals surface area contributed by atoms with E-state index >= 15 is 0 Å². The molecule has 0 bridgehead atoms. The van der Waals surface area contributed by atoms with Crippen LogP contribution in [0.3, 0.4) is 0 Å². The Bertz CT molecular complexity index is 99.2. The van der Waals surface area contributed by atoms with E-state index in [9.17, 15) is 4.79 Å². The maximum Gasteiger partial charge on any atom is 0.339 e. The van der Waals surface area contributed by atoms with Crippen molar-refractivity contribution in [3.8, 4) is 0 Å². The summed E-state index contributed by atoms with van der Waals surface area (Å²) in [6, 6.07) is 0. The summed E-state index contributed by atoms with van der Waals surface area (Å²) in [7, 11) is 0. The summed E-state index contributed by atoms with van der Waals surface area (Å²) in [4.78, 5) is 21.5. The van der Waals surface area contributed by atoms with Crippen molar-refractivity contribution in [2.45, 2.75) is 36.1 Å². The van der Waals surface area contributed by atoms with E-state index in [1.165, 1.54) is 0 Å². The molecule has 0 heterocycles. The van der Waals surface area contributed by atoms with Crippen LogP contribution in [0.5, 0.6) is 0 Å². The number of hydrogen-bond donors (Lipinski definition) is 4. The predicted molar refractivity (Wildman–Crippen MR) is 56.8 cm³/mol. The molecule has 8 heteroatoms. The maximum absolute atomic E-state index is 9.34. The summed E-state index contributed by atoms with van der Waals surface area (Å²) in [6.07, 6.45) is 0. The van der Waals surface area contributed by atoms with Crippen LogP contribution in [-0.4, -0.2) is 38.3 Å². The first-order valence-corrected chi connectivity index (χ1v) is 2.22. The number of carboxylic acid groups (broad SMARTS) is 1. The first-order chi connectivity index (χ1) is 5.00. The minimum absolute atomic E-state index is 0. The summed E-state index contributed by atoms with van der Waals surface area (Å²) in [5, 5.41) is 26.7. The molecule has 0 aromatic carbocycles. The molecule has 0 aliphatic carbocycles. The number of carbonyl (C=O) groups is 2. The lowest BCUT2D eigenvalue weighted by molar-refractivity contribution is -0.231. The Morgan fingerprint density at radius 2 is 1.07 bits per heavy atom. The van der Waals surface area contributed by atoms with Crippen LogP contribution in [0.15, 0.2) is 0 Å². The van der Waals surface area contributed by atoms with E-state index in [0.717, 1.165) is 13.8 Å².